The van der Waals surface area contributed by atoms with E-state index in [9.17, 15) is 4.79 Å². The molecule has 0 radical (unpaired) electrons. The lowest BCUT2D eigenvalue weighted by molar-refractivity contribution is 0.0689. The summed E-state index contributed by atoms with van der Waals surface area (Å²) < 4.78 is 1.58. The van der Waals surface area contributed by atoms with E-state index in [1.807, 2.05) is 43.3 Å². The molecule has 0 atom stereocenters. The lowest BCUT2D eigenvalue weighted by Gasteiger charge is -2.13. The number of hydrogen-bond donors (Lipinski definition) is 1. The van der Waals surface area contributed by atoms with Crippen LogP contribution in [0.3, 0.4) is 0 Å². The third-order valence-corrected chi connectivity index (χ3v) is 2.76. The largest absolute Gasteiger partial charge is 0.476 e. The number of anilines is 1. The second-order valence-corrected chi connectivity index (χ2v) is 4.29. The first-order chi connectivity index (χ1) is 8.49. The minimum Gasteiger partial charge on any atom is -0.476 e. The van der Waals surface area contributed by atoms with Gasteiger partial charge in [0.15, 0.2) is 5.69 Å². The Morgan fingerprint density at radius 2 is 2.06 bits per heavy atom. The molecule has 0 bridgehead atoms. The summed E-state index contributed by atoms with van der Waals surface area (Å²) in [5, 5.41) is 12.9. The summed E-state index contributed by atoms with van der Waals surface area (Å²) in [5.74, 6) is -1.01. The summed E-state index contributed by atoms with van der Waals surface area (Å²) in [6.07, 6.45) is 0. The molecule has 94 valence electrons. The van der Waals surface area contributed by atoms with Crippen LogP contribution in [-0.4, -0.2) is 35.0 Å². The third kappa shape index (κ3) is 2.20. The van der Waals surface area contributed by atoms with Gasteiger partial charge in [0.2, 0.25) is 0 Å². The molecular formula is C13H15N3O2. The fourth-order valence-electron chi connectivity index (χ4n) is 1.79. The molecule has 1 N–H and O–H groups in total. The van der Waals surface area contributed by atoms with Crippen LogP contribution in [0.2, 0.25) is 0 Å². The van der Waals surface area contributed by atoms with Crippen molar-refractivity contribution >= 4 is 11.7 Å². The molecular weight excluding hydrogens is 230 g/mol. The minimum atomic E-state index is -1.01. The lowest BCUT2D eigenvalue weighted by atomic mass is 10.1. The number of hydrogen-bond acceptors (Lipinski definition) is 3. The molecule has 1 heterocycles. The zero-order chi connectivity index (χ0) is 13.3. The van der Waals surface area contributed by atoms with Crippen molar-refractivity contribution in [2.24, 2.45) is 7.05 Å². The highest BCUT2D eigenvalue weighted by Gasteiger charge is 2.12. The van der Waals surface area contributed by atoms with Crippen molar-refractivity contribution < 1.29 is 9.90 Å². The predicted molar refractivity (Wildman–Crippen MR) is 69.9 cm³/mol. The minimum absolute atomic E-state index is 0.0581. The SMILES string of the molecule is CN(C)c1cccc(-c2cc(C(=O)O)nn2C)c1. The average Bonchev–Trinajstić information content (AvgIpc) is 2.72. The smallest absolute Gasteiger partial charge is 0.356 e. The maximum absolute atomic E-state index is 10.9. The molecule has 18 heavy (non-hydrogen) atoms. The van der Waals surface area contributed by atoms with E-state index < -0.39 is 5.97 Å². The summed E-state index contributed by atoms with van der Waals surface area (Å²) in [6.45, 7) is 0. The lowest BCUT2D eigenvalue weighted by Crippen LogP contribution is -2.08. The van der Waals surface area contributed by atoms with Crippen molar-refractivity contribution in [1.82, 2.24) is 9.78 Å². The molecule has 2 aromatic rings. The van der Waals surface area contributed by atoms with Crippen LogP contribution in [0.1, 0.15) is 10.5 Å². The van der Waals surface area contributed by atoms with E-state index in [4.69, 9.17) is 5.11 Å². The first kappa shape index (κ1) is 12.2. The van der Waals surface area contributed by atoms with Gasteiger partial charge in [-0.3, -0.25) is 4.68 Å². The molecule has 1 aromatic carbocycles. The standard InChI is InChI=1S/C13H15N3O2/c1-15(2)10-6-4-5-9(7-10)12-8-11(13(17)18)14-16(12)3/h4-8H,1-3H3,(H,17,18). The number of carbonyl (C=O) groups is 1. The van der Waals surface area contributed by atoms with Crippen LogP contribution in [0.5, 0.6) is 0 Å². The number of aryl methyl sites for hydroxylation is 1. The molecule has 0 aliphatic rings. The van der Waals surface area contributed by atoms with Crippen molar-refractivity contribution in [2.75, 3.05) is 19.0 Å². The highest BCUT2D eigenvalue weighted by Crippen LogP contribution is 2.24. The Hall–Kier alpha value is -2.30. The summed E-state index contributed by atoms with van der Waals surface area (Å²) in [5.41, 5.74) is 2.85. The number of benzene rings is 1. The normalized spacial score (nSPS) is 10.4. The Labute approximate surface area is 105 Å². The first-order valence-corrected chi connectivity index (χ1v) is 5.54. The third-order valence-electron chi connectivity index (χ3n) is 2.76. The maximum atomic E-state index is 10.9. The van der Waals surface area contributed by atoms with Gasteiger partial charge in [0.05, 0.1) is 5.69 Å². The highest BCUT2D eigenvalue weighted by molar-refractivity contribution is 5.87. The highest BCUT2D eigenvalue weighted by atomic mass is 16.4. The monoisotopic (exact) mass is 245 g/mol. The fourth-order valence-corrected chi connectivity index (χ4v) is 1.79. The predicted octanol–water partition coefficient (Wildman–Crippen LogP) is 1.85. The molecule has 0 saturated heterocycles. The van der Waals surface area contributed by atoms with Gasteiger partial charge in [0, 0.05) is 32.4 Å². The van der Waals surface area contributed by atoms with Gasteiger partial charge in [-0.25, -0.2) is 4.79 Å². The van der Waals surface area contributed by atoms with E-state index in [2.05, 4.69) is 5.10 Å². The van der Waals surface area contributed by atoms with Gasteiger partial charge in [-0.05, 0) is 18.2 Å². The van der Waals surface area contributed by atoms with Crippen LogP contribution in [0.4, 0.5) is 5.69 Å². The van der Waals surface area contributed by atoms with Gasteiger partial charge in [0.25, 0.3) is 0 Å². The Morgan fingerprint density at radius 1 is 1.33 bits per heavy atom. The second-order valence-electron chi connectivity index (χ2n) is 4.29. The molecule has 0 fully saturated rings. The molecule has 0 aliphatic carbocycles. The molecule has 1 aromatic heterocycles. The van der Waals surface area contributed by atoms with Crippen molar-refractivity contribution in [3.05, 3.63) is 36.0 Å². The summed E-state index contributed by atoms with van der Waals surface area (Å²) >= 11 is 0. The molecule has 0 unspecified atom stereocenters. The van der Waals surface area contributed by atoms with Gasteiger partial charge >= 0.3 is 5.97 Å². The average molecular weight is 245 g/mol. The van der Waals surface area contributed by atoms with Crippen molar-refractivity contribution in [3.63, 3.8) is 0 Å². The Bertz CT molecular complexity index is 588. The van der Waals surface area contributed by atoms with Crippen LogP contribution in [0, 0.1) is 0 Å². The van der Waals surface area contributed by atoms with E-state index in [1.54, 1.807) is 17.8 Å². The van der Waals surface area contributed by atoms with Crippen LogP contribution < -0.4 is 4.90 Å². The number of aromatic carboxylic acids is 1. The quantitative estimate of drug-likeness (QED) is 0.896. The van der Waals surface area contributed by atoms with Crippen LogP contribution in [0.15, 0.2) is 30.3 Å². The van der Waals surface area contributed by atoms with Crippen molar-refractivity contribution in [2.45, 2.75) is 0 Å². The second kappa shape index (κ2) is 4.52. The molecule has 0 aliphatic heterocycles. The van der Waals surface area contributed by atoms with Gasteiger partial charge in [-0.15, -0.1) is 0 Å². The molecule has 0 amide bonds. The van der Waals surface area contributed by atoms with E-state index in [-0.39, 0.29) is 5.69 Å². The first-order valence-electron chi connectivity index (χ1n) is 5.54. The van der Waals surface area contributed by atoms with Crippen molar-refractivity contribution in [3.8, 4) is 11.3 Å². The topological polar surface area (TPSA) is 58.4 Å². The van der Waals surface area contributed by atoms with E-state index in [0.29, 0.717) is 0 Å². The number of rotatable bonds is 3. The molecule has 5 heteroatoms. The number of nitrogens with zero attached hydrogens (tertiary/aromatic N) is 3. The van der Waals surface area contributed by atoms with Gasteiger partial charge in [-0.1, -0.05) is 12.1 Å². The Kier molecular flexibility index (Phi) is 3.06. The van der Waals surface area contributed by atoms with E-state index in [1.165, 1.54) is 0 Å². The number of aromatic nitrogens is 2. The van der Waals surface area contributed by atoms with Gasteiger partial charge < -0.3 is 10.0 Å². The number of carboxylic acid groups (broad SMARTS) is 1. The summed E-state index contributed by atoms with van der Waals surface area (Å²) in [4.78, 5) is 12.9. The molecule has 0 saturated carbocycles. The zero-order valence-corrected chi connectivity index (χ0v) is 10.6. The molecule has 0 spiro atoms. The van der Waals surface area contributed by atoms with Gasteiger partial charge in [-0.2, -0.15) is 5.10 Å². The number of carboxylic acids is 1. The summed E-state index contributed by atoms with van der Waals surface area (Å²) in [6, 6.07) is 9.46. The Balaban J connectivity index is 2.48. The van der Waals surface area contributed by atoms with Crippen molar-refractivity contribution in [1.29, 1.82) is 0 Å². The zero-order valence-electron chi connectivity index (χ0n) is 10.6. The molecule has 5 nitrogen and oxygen atoms in total. The van der Waals surface area contributed by atoms with Crippen LogP contribution in [-0.2, 0) is 7.05 Å². The maximum Gasteiger partial charge on any atom is 0.356 e. The molecule has 2 rings (SSSR count). The van der Waals surface area contributed by atoms with E-state index in [0.717, 1.165) is 16.9 Å². The van der Waals surface area contributed by atoms with Crippen LogP contribution in [0.25, 0.3) is 11.3 Å². The van der Waals surface area contributed by atoms with Crippen LogP contribution >= 0.6 is 0 Å². The van der Waals surface area contributed by atoms with E-state index >= 15 is 0 Å². The summed E-state index contributed by atoms with van der Waals surface area (Å²) in [7, 11) is 5.67. The van der Waals surface area contributed by atoms with Gasteiger partial charge in [0.1, 0.15) is 0 Å². The Morgan fingerprint density at radius 3 is 2.61 bits per heavy atom. The fraction of sp³-hybridized carbons (Fsp3) is 0.231.